The first kappa shape index (κ1) is 13.4. The summed E-state index contributed by atoms with van der Waals surface area (Å²) in [6.07, 6.45) is 2.36. The van der Waals surface area contributed by atoms with E-state index < -0.39 is 10.8 Å². The van der Waals surface area contributed by atoms with Gasteiger partial charge in [0.25, 0.3) is 0 Å². The van der Waals surface area contributed by atoms with E-state index in [0.29, 0.717) is 6.42 Å². The van der Waals surface area contributed by atoms with Crippen LogP contribution >= 0.6 is 11.8 Å². The second-order valence-electron chi connectivity index (χ2n) is 4.95. The number of rotatable bonds is 2. The molecule has 2 aliphatic heterocycles. The summed E-state index contributed by atoms with van der Waals surface area (Å²) in [4.78, 5) is 37.2. The van der Waals surface area contributed by atoms with Crippen molar-refractivity contribution in [1.82, 2.24) is 10.2 Å². The summed E-state index contributed by atoms with van der Waals surface area (Å²) in [5, 5.41) is 2.29. The number of imide groups is 1. The van der Waals surface area contributed by atoms with Gasteiger partial charge < -0.3 is 4.90 Å². The van der Waals surface area contributed by atoms with E-state index >= 15 is 0 Å². The molecule has 2 unspecified atom stereocenters. The Morgan fingerprint density at radius 1 is 1.56 bits per heavy atom. The van der Waals surface area contributed by atoms with E-state index in [1.165, 1.54) is 4.90 Å². The molecule has 2 heterocycles. The highest BCUT2D eigenvalue weighted by Crippen LogP contribution is 2.39. The molecular weight excluding hydrogens is 252 g/mol. The number of carbonyl (C=O) groups excluding carboxylic acids is 3. The molecule has 0 aromatic heterocycles. The van der Waals surface area contributed by atoms with Gasteiger partial charge in [0.2, 0.25) is 17.7 Å². The number of hydrogen-bond acceptors (Lipinski definition) is 4. The van der Waals surface area contributed by atoms with Crippen LogP contribution in [0.25, 0.3) is 0 Å². The van der Waals surface area contributed by atoms with Gasteiger partial charge in [-0.2, -0.15) is 0 Å². The summed E-state index contributed by atoms with van der Waals surface area (Å²) in [7, 11) is 0. The van der Waals surface area contributed by atoms with Crippen molar-refractivity contribution in [2.75, 3.05) is 12.3 Å². The Kier molecular flexibility index (Phi) is 3.66. The van der Waals surface area contributed by atoms with Gasteiger partial charge >= 0.3 is 0 Å². The third kappa shape index (κ3) is 2.25. The van der Waals surface area contributed by atoms with E-state index in [1.54, 1.807) is 11.8 Å². The van der Waals surface area contributed by atoms with Crippen molar-refractivity contribution in [1.29, 1.82) is 0 Å². The molecule has 5 nitrogen and oxygen atoms in total. The zero-order chi connectivity index (χ0) is 13.3. The Morgan fingerprint density at radius 3 is 2.83 bits per heavy atom. The van der Waals surface area contributed by atoms with Crippen LogP contribution < -0.4 is 5.32 Å². The summed E-state index contributed by atoms with van der Waals surface area (Å²) in [5.41, 5.74) is 0. The fourth-order valence-electron chi connectivity index (χ4n) is 2.54. The van der Waals surface area contributed by atoms with Crippen molar-refractivity contribution in [3.63, 3.8) is 0 Å². The Bertz CT molecular complexity index is 391. The molecule has 0 aromatic rings. The van der Waals surface area contributed by atoms with Crippen LogP contribution in [0.5, 0.6) is 0 Å². The van der Waals surface area contributed by atoms with Crippen LogP contribution in [-0.2, 0) is 14.4 Å². The topological polar surface area (TPSA) is 66.5 Å². The Labute approximate surface area is 111 Å². The smallest absolute Gasteiger partial charge is 0.249 e. The molecule has 2 aliphatic rings. The van der Waals surface area contributed by atoms with Crippen molar-refractivity contribution in [2.45, 2.75) is 43.9 Å². The van der Waals surface area contributed by atoms with Crippen molar-refractivity contribution in [3.8, 4) is 0 Å². The molecule has 2 atom stereocenters. The van der Waals surface area contributed by atoms with Gasteiger partial charge in [0.15, 0.2) is 0 Å². The third-order valence-electron chi connectivity index (χ3n) is 3.57. The molecular formula is C12H18N2O3S. The number of thioether (sulfide) groups is 1. The standard InChI is InChI=1S/C12H18N2O3S/c1-3-8-10(16)13-9(15)7-14(8)11(17)12(2)5-4-6-18-12/h8H,3-7H2,1-2H3,(H,13,15,16). The Balaban J connectivity index is 2.21. The molecule has 0 spiro atoms. The minimum Gasteiger partial charge on any atom is -0.320 e. The molecule has 100 valence electrons. The van der Waals surface area contributed by atoms with E-state index in [1.807, 2.05) is 13.8 Å². The lowest BCUT2D eigenvalue weighted by Crippen LogP contribution is -2.62. The summed E-state index contributed by atoms with van der Waals surface area (Å²) < 4.78 is -0.467. The predicted octanol–water partition coefficient (Wildman–Crippen LogP) is 0.536. The lowest BCUT2D eigenvalue weighted by Gasteiger charge is -2.37. The van der Waals surface area contributed by atoms with Crippen molar-refractivity contribution in [2.24, 2.45) is 0 Å². The van der Waals surface area contributed by atoms with Crippen LogP contribution in [0.4, 0.5) is 0 Å². The minimum absolute atomic E-state index is 0.000764. The van der Waals surface area contributed by atoms with Gasteiger partial charge in [-0.05, 0) is 31.9 Å². The Morgan fingerprint density at radius 2 is 2.28 bits per heavy atom. The number of carbonyl (C=O) groups is 3. The molecule has 18 heavy (non-hydrogen) atoms. The van der Waals surface area contributed by atoms with Gasteiger partial charge in [-0.1, -0.05) is 6.92 Å². The van der Waals surface area contributed by atoms with Crippen LogP contribution in [0, 0.1) is 0 Å². The van der Waals surface area contributed by atoms with Crippen molar-refractivity contribution in [3.05, 3.63) is 0 Å². The lowest BCUT2D eigenvalue weighted by atomic mass is 10.0. The third-order valence-corrected chi connectivity index (χ3v) is 5.08. The average molecular weight is 270 g/mol. The first-order chi connectivity index (χ1) is 8.48. The minimum atomic E-state index is -0.506. The van der Waals surface area contributed by atoms with Crippen LogP contribution in [0.2, 0.25) is 0 Å². The normalized spacial score (nSPS) is 32.6. The molecule has 2 fully saturated rings. The molecule has 0 radical (unpaired) electrons. The number of amides is 3. The second-order valence-corrected chi connectivity index (χ2v) is 6.55. The zero-order valence-corrected chi connectivity index (χ0v) is 11.5. The molecule has 0 bridgehead atoms. The summed E-state index contributed by atoms with van der Waals surface area (Å²) in [6, 6.07) is -0.506. The maximum atomic E-state index is 12.6. The molecule has 0 saturated carbocycles. The predicted molar refractivity (Wildman–Crippen MR) is 69.0 cm³/mol. The van der Waals surface area contributed by atoms with E-state index in [4.69, 9.17) is 0 Å². The molecule has 3 amide bonds. The van der Waals surface area contributed by atoms with E-state index in [9.17, 15) is 14.4 Å². The monoisotopic (exact) mass is 270 g/mol. The van der Waals surface area contributed by atoms with Crippen molar-refractivity contribution < 1.29 is 14.4 Å². The first-order valence-corrected chi connectivity index (χ1v) is 7.25. The second kappa shape index (κ2) is 4.91. The molecule has 0 aliphatic carbocycles. The van der Waals surface area contributed by atoms with Gasteiger partial charge in [-0.3, -0.25) is 19.7 Å². The maximum absolute atomic E-state index is 12.6. The zero-order valence-electron chi connectivity index (χ0n) is 10.7. The molecule has 0 aromatic carbocycles. The van der Waals surface area contributed by atoms with E-state index in [-0.39, 0.29) is 24.3 Å². The summed E-state index contributed by atoms with van der Waals surface area (Å²) >= 11 is 1.63. The summed E-state index contributed by atoms with van der Waals surface area (Å²) in [6.45, 7) is 3.76. The summed E-state index contributed by atoms with van der Waals surface area (Å²) in [5.74, 6) is 0.158. The maximum Gasteiger partial charge on any atom is 0.249 e. The molecule has 2 saturated heterocycles. The largest absolute Gasteiger partial charge is 0.320 e. The van der Waals surface area contributed by atoms with Gasteiger partial charge in [0, 0.05) is 0 Å². The molecule has 6 heteroatoms. The molecule has 2 rings (SSSR count). The van der Waals surface area contributed by atoms with Crippen LogP contribution in [-0.4, -0.2) is 45.7 Å². The van der Waals surface area contributed by atoms with Crippen LogP contribution in [0.3, 0.4) is 0 Å². The number of piperazine rings is 1. The number of nitrogens with zero attached hydrogens (tertiary/aromatic N) is 1. The van der Waals surface area contributed by atoms with Crippen LogP contribution in [0.1, 0.15) is 33.1 Å². The quantitative estimate of drug-likeness (QED) is 0.744. The SMILES string of the molecule is CCC1C(=O)NC(=O)CN1C(=O)C1(C)CCCS1. The average Bonchev–Trinajstić information content (AvgIpc) is 2.75. The Hall–Kier alpha value is -1.04. The van der Waals surface area contributed by atoms with E-state index in [0.717, 1.165) is 18.6 Å². The number of hydrogen-bond donors (Lipinski definition) is 1. The van der Waals surface area contributed by atoms with Crippen molar-refractivity contribution >= 4 is 29.5 Å². The fraction of sp³-hybridized carbons (Fsp3) is 0.750. The molecule has 1 N–H and O–H groups in total. The highest BCUT2D eigenvalue weighted by Gasteiger charge is 2.45. The van der Waals surface area contributed by atoms with Crippen LogP contribution in [0.15, 0.2) is 0 Å². The number of nitrogens with one attached hydrogen (secondary N) is 1. The lowest BCUT2D eigenvalue weighted by molar-refractivity contribution is -0.151. The first-order valence-electron chi connectivity index (χ1n) is 6.26. The fourth-order valence-corrected chi connectivity index (χ4v) is 3.81. The van der Waals surface area contributed by atoms with Gasteiger partial charge in [-0.25, -0.2) is 0 Å². The van der Waals surface area contributed by atoms with Gasteiger partial charge in [-0.15, -0.1) is 11.8 Å². The van der Waals surface area contributed by atoms with Gasteiger partial charge in [0.05, 0.1) is 4.75 Å². The van der Waals surface area contributed by atoms with E-state index in [2.05, 4.69) is 5.32 Å². The highest BCUT2D eigenvalue weighted by molar-refractivity contribution is 8.01. The van der Waals surface area contributed by atoms with Gasteiger partial charge in [0.1, 0.15) is 12.6 Å². The highest BCUT2D eigenvalue weighted by atomic mass is 32.2.